The van der Waals surface area contributed by atoms with Crippen LogP contribution < -0.4 is 0 Å². The average Bonchev–Trinajstić information content (AvgIpc) is 3.72. The quantitative estimate of drug-likeness (QED) is 0.164. The van der Waals surface area contributed by atoms with E-state index in [0.29, 0.717) is 0 Å². The molecule has 0 saturated carbocycles. The molecular formula is C48H28S2. The zero-order valence-corrected chi connectivity index (χ0v) is 28.6. The molecule has 0 aliphatic carbocycles. The number of thiophene rings is 2. The number of hydrogen-bond donors (Lipinski definition) is 0. The molecule has 2 aromatic heterocycles. The lowest BCUT2D eigenvalue weighted by Crippen LogP contribution is -1.92. The topological polar surface area (TPSA) is 0 Å². The Morgan fingerprint density at radius 3 is 1.40 bits per heavy atom. The number of rotatable bonds is 3. The minimum absolute atomic E-state index is 1.25. The first-order valence-corrected chi connectivity index (χ1v) is 18.7. The van der Waals surface area contributed by atoms with Crippen molar-refractivity contribution in [3.63, 3.8) is 0 Å². The summed E-state index contributed by atoms with van der Waals surface area (Å²) < 4.78 is 5.41. The molecule has 11 rings (SSSR count). The lowest BCUT2D eigenvalue weighted by atomic mass is 9.84. The van der Waals surface area contributed by atoms with Crippen LogP contribution in [0.15, 0.2) is 170 Å². The van der Waals surface area contributed by atoms with Crippen molar-refractivity contribution >= 4 is 95.3 Å². The van der Waals surface area contributed by atoms with Gasteiger partial charge in [-0.05, 0) is 96.0 Å². The minimum atomic E-state index is 1.25. The highest BCUT2D eigenvalue weighted by Gasteiger charge is 2.19. The molecule has 0 nitrogen and oxygen atoms in total. The maximum Gasteiger partial charge on any atom is 0.0369 e. The molecule has 9 aromatic carbocycles. The van der Waals surface area contributed by atoms with Crippen LogP contribution in [0.2, 0.25) is 0 Å². The van der Waals surface area contributed by atoms with Gasteiger partial charge < -0.3 is 0 Å². The van der Waals surface area contributed by atoms with Crippen molar-refractivity contribution in [1.82, 2.24) is 0 Å². The van der Waals surface area contributed by atoms with E-state index in [-0.39, 0.29) is 0 Å². The summed E-state index contributed by atoms with van der Waals surface area (Å²) in [5, 5.41) is 13.1. The molecule has 0 aliphatic heterocycles. The molecule has 0 spiro atoms. The standard InChI is InChI=1S/C48H28S2/c1-2-12-29(13-3-1)47-35-17-6-8-19-37(35)48(38-20-9-7-18-36(38)47)39-24-23-31(32-14-4-5-15-33(32)39)30-22-25-44-40(26-30)42-27-41-34-16-10-11-21-43(34)49-45(41)28-46(42)50-44/h1-28H. The molecule has 2 heterocycles. The molecule has 232 valence electrons. The van der Waals surface area contributed by atoms with Crippen LogP contribution >= 0.6 is 22.7 Å². The summed E-state index contributed by atoms with van der Waals surface area (Å²) >= 11 is 3.80. The van der Waals surface area contributed by atoms with Gasteiger partial charge in [0.1, 0.15) is 0 Å². The van der Waals surface area contributed by atoms with Crippen molar-refractivity contribution in [3.8, 4) is 33.4 Å². The van der Waals surface area contributed by atoms with Crippen LogP contribution in [0.3, 0.4) is 0 Å². The van der Waals surface area contributed by atoms with Gasteiger partial charge in [0.25, 0.3) is 0 Å². The second-order valence-electron chi connectivity index (χ2n) is 13.2. The fourth-order valence-electron chi connectivity index (χ4n) is 8.27. The molecule has 0 radical (unpaired) electrons. The lowest BCUT2D eigenvalue weighted by Gasteiger charge is -2.19. The van der Waals surface area contributed by atoms with E-state index in [0.717, 1.165) is 0 Å². The zero-order chi connectivity index (χ0) is 32.8. The van der Waals surface area contributed by atoms with Crippen LogP contribution in [0, 0.1) is 0 Å². The molecule has 0 saturated heterocycles. The molecule has 0 atom stereocenters. The van der Waals surface area contributed by atoms with Gasteiger partial charge in [0.2, 0.25) is 0 Å². The molecule has 50 heavy (non-hydrogen) atoms. The predicted molar refractivity (Wildman–Crippen MR) is 221 cm³/mol. The van der Waals surface area contributed by atoms with Gasteiger partial charge in [-0.1, -0.05) is 140 Å². The van der Waals surface area contributed by atoms with Gasteiger partial charge >= 0.3 is 0 Å². The Bertz CT molecular complexity index is 3080. The summed E-state index contributed by atoms with van der Waals surface area (Å²) in [6, 6.07) is 63.1. The summed E-state index contributed by atoms with van der Waals surface area (Å²) in [7, 11) is 0. The van der Waals surface area contributed by atoms with E-state index in [1.165, 1.54) is 106 Å². The van der Waals surface area contributed by atoms with Crippen LogP contribution in [-0.2, 0) is 0 Å². The molecule has 0 bridgehead atoms. The minimum Gasteiger partial charge on any atom is -0.135 e. The monoisotopic (exact) mass is 668 g/mol. The number of hydrogen-bond acceptors (Lipinski definition) is 2. The van der Waals surface area contributed by atoms with Crippen molar-refractivity contribution in [2.45, 2.75) is 0 Å². The highest BCUT2D eigenvalue weighted by atomic mass is 32.1. The summed E-state index contributed by atoms with van der Waals surface area (Å²) in [5.41, 5.74) is 7.63. The van der Waals surface area contributed by atoms with Crippen molar-refractivity contribution in [2.24, 2.45) is 0 Å². The maximum atomic E-state index is 2.43. The van der Waals surface area contributed by atoms with Crippen LogP contribution in [-0.4, -0.2) is 0 Å². The van der Waals surface area contributed by atoms with E-state index >= 15 is 0 Å². The smallest absolute Gasteiger partial charge is 0.0369 e. The molecule has 0 aliphatic rings. The summed E-state index contributed by atoms with van der Waals surface area (Å²) in [6.45, 7) is 0. The third-order valence-electron chi connectivity index (χ3n) is 10.5. The lowest BCUT2D eigenvalue weighted by molar-refractivity contribution is 1.66. The predicted octanol–water partition coefficient (Wildman–Crippen LogP) is 14.9. The molecule has 0 fully saturated rings. The normalized spacial score (nSPS) is 12.0. The Balaban J connectivity index is 1.15. The van der Waals surface area contributed by atoms with E-state index < -0.39 is 0 Å². The first-order chi connectivity index (χ1) is 24.8. The Morgan fingerprint density at radius 2 is 0.720 bits per heavy atom. The van der Waals surface area contributed by atoms with Gasteiger partial charge in [0.15, 0.2) is 0 Å². The molecular weight excluding hydrogens is 641 g/mol. The zero-order valence-electron chi connectivity index (χ0n) is 27.0. The third kappa shape index (κ3) is 4.10. The van der Waals surface area contributed by atoms with E-state index in [2.05, 4.69) is 170 Å². The first-order valence-electron chi connectivity index (χ1n) is 17.1. The molecule has 0 N–H and O–H groups in total. The largest absolute Gasteiger partial charge is 0.135 e. The number of benzene rings is 9. The highest BCUT2D eigenvalue weighted by Crippen LogP contribution is 2.47. The molecule has 0 unspecified atom stereocenters. The van der Waals surface area contributed by atoms with Gasteiger partial charge in [-0.2, -0.15) is 0 Å². The van der Waals surface area contributed by atoms with E-state index in [4.69, 9.17) is 0 Å². The number of fused-ring (bicyclic) bond motifs is 9. The summed E-state index contributed by atoms with van der Waals surface area (Å²) in [5.74, 6) is 0. The van der Waals surface area contributed by atoms with Crippen molar-refractivity contribution in [2.75, 3.05) is 0 Å². The summed E-state index contributed by atoms with van der Waals surface area (Å²) in [4.78, 5) is 0. The van der Waals surface area contributed by atoms with Crippen molar-refractivity contribution in [1.29, 1.82) is 0 Å². The fourth-order valence-corrected chi connectivity index (χ4v) is 10.6. The molecule has 11 aromatic rings. The van der Waals surface area contributed by atoms with Gasteiger partial charge in [-0.15, -0.1) is 22.7 Å². The van der Waals surface area contributed by atoms with Crippen LogP contribution in [0.1, 0.15) is 0 Å². The first kappa shape index (κ1) is 28.1. The van der Waals surface area contributed by atoms with Gasteiger partial charge in [0, 0.05) is 40.3 Å². The Morgan fingerprint density at radius 1 is 0.240 bits per heavy atom. The fraction of sp³-hybridized carbons (Fsp3) is 0. The van der Waals surface area contributed by atoms with Crippen LogP contribution in [0.5, 0.6) is 0 Å². The summed E-state index contributed by atoms with van der Waals surface area (Å²) in [6.07, 6.45) is 0. The van der Waals surface area contributed by atoms with Gasteiger partial charge in [-0.3, -0.25) is 0 Å². The second-order valence-corrected chi connectivity index (χ2v) is 15.3. The SMILES string of the molecule is c1ccc(-c2c3ccccc3c(-c3ccc(-c4ccc5sc6cc7sc8ccccc8c7cc6c5c4)c4ccccc34)c3ccccc23)cc1. The maximum absolute atomic E-state index is 2.43. The van der Waals surface area contributed by atoms with Crippen molar-refractivity contribution < 1.29 is 0 Å². The van der Waals surface area contributed by atoms with Gasteiger partial charge in [-0.25, -0.2) is 0 Å². The van der Waals surface area contributed by atoms with Crippen LogP contribution in [0.25, 0.3) is 106 Å². The second kappa shape index (κ2) is 10.9. The molecule has 0 amide bonds. The van der Waals surface area contributed by atoms with E-state index in [1.807, 2.05) is 22.7 Å². The Hall–Kier alpha value is -5.80. The average molecular weight is 669 g/mol. The van der Waals surface area contributed by atoms with Crippen LogP contribution in [0.4, 0.5) is 0 Å². The van der Waals surface area contributed by atoms with E-state index in [9.17, 15) is 0 Å². The van der Waals surface area contributed by atoms with Gasteiger partial charge in [0.05, 0.1) is 0 Å². The molecule has 2 heteroatoms. The van der Waals surface area contributed by atoms with E-state index in [1.54, 1.807) is 0 Å². The Labute approximate surface area is 297 Å². The van der Waals surface area contributed by atoms with Crippen molar-refractivity contribution in [3.05, 3.63) is 170 Å². The highest BCUT2D eigenvalue weighted by molar-refractivity contribution is 7.28. The Kier molecular flexibility index (Phi) is 6.09. The third-order valence-corrected chi connectivity index (χ3v) is 12.7.